The van der Waals surface area contributed by atoms with Crippen molar-refractivity contribution in [1.29, 1.82) is 0 Å². The first-order chi connectivity index (χ1) is 11.0. The van der Waals surface area contributed by atoms with E-state index >= 15 is 0 Å². The zero-order chi connectivity index (χ0) is 16.4. The first-order valence-electron chi connectivity index (χ1n) is 8.64. The molecule has 23 heavy (non-hydrogen) atoms. The number of nitrogens with zero attached hydrogens (tertiary/aromatic N) is 1. The molecule has 126 valence electrons. The molecule has 2 saturated heterocycles. The second-order valence-electron chi connectivity index (χ2n) is 7.17. The van der Waals surface area contributed by atoms with E-state index in [2.05, 4.69) is 11.8 Å². The molecule has 0 N–H and O–H groups in total. The van der Waals surface area contributed by atoms with Crippen molar-refractivity contribution < 1.29 is 13.9 Å². The summed E-state index contributed by atoms with van der Waals surface area (Å²) in [4.78, 5) is 14.9. The molecule has 0 aliphatic carbocycles. The van der Waals surface area contributed by atoms with Gasteiger partial charge in [0.2, 0.25) is 5.91 Å². The predicted molar refractivity (Wildman–Crippen MR) is 87.5 cm³/mol. The fourth-order valence-corrected chi connectivity index (χ4v) is 4.21. The average molecular weight is 319 g/mol. The van der Waals surface area contributed by atoms with Crippen LogP contribution >= 0.6 is 0 Å². The van der Waals surface area contributed by atoms with Crippen LogP contribution in [0.3, 0.4) is 0 Å². The molecule has 1 aromatic carbocycles. The maximum Gasteiger partial charge on any atom is 0.225 e. The summed E-state index contributed by atoms with van der Waals surface area (Å²) in [7, 11) is 0. The van der Waals surface area contributed by atoms with Gasteiger partial charge in [0.25, 0.3) is 0 Å². The van der Waals surface area contributed by atoms with Crippen LogP contribution < -0.4 is 0 Å². The lowest BCUT2D eigenvalue weighted by Gasteiger charge is -2.39. The third-order valence-electron chi connectivity index (χ3n) is 5.83. The van der Waals surface area contributed by atoms with Crippen molar-refractivity contribution >= 4 is 5.91 Å². The van der Waals surface area contributed by atoms with Crippen LogP contribution in [0.25, 0.3) is 0 Å². The smallest absolute Gasteiger partial charge is 0.225 e. The van der Waals surface area contributed by atoms with Gasteiger partial charge in [0.15, 0.2) is 0 Å². The molecule has 2 atom stereocenters. The van der Waals surface area contributed by atoms with Crippen molar-refractivity contribution in [2.24, 2.45) is 11.3 Å². The minimum Gasteiger partial charge on any atom is -0.381 e. The lowest BCUT2D eigenvalue weighted by molar-refractivity contribution is -0.137. The molecule has 1 amide bonds. The number of ether oxygens (including phenoxy) is 1. The standard InChI is InChI=1S/C19H26FNO2/c1-14(12-16-4-3-5-17(20)13-16)18(22)21-9-6-19(15(21)2)7-10-23-11-8-19/h3-5,13-15H,6-12H2,1-2H3/t14-,15+/m1/s1. The van der Waals surface area contributed by atoms with Gasteiger partial charge >= 0.3 is 0 Å². The van der Waals surface area contributed by atoms with Crippen molar-refractivity contribution in [2.45, 2.75) is 45.6 Å². The van der Waals surface area contributed by atoms with Crippen LogP contribution in [0, 0.1) is 17.2 Å². The van der Waals surface area contributed by atoms with E-state index in [1.54, 1.807) is 6.07 Å². The SMILES string of the molecule is C[C@H](Cc1cccc(F)c1)C(=O)N1CCC2(CCOCC2)[C@@H]1C. The highest BCUT2D eigenvalue weighted by molar-refractivity contribution is 5.79. The Hall–Kier alpha value is -1.42. The Kier molecular flexibility index (Phi) is 4.72. The lowest BCUT2D eigenvalue weighted by Crippen LogP contribution is -2.45. The molecule has 3 rings (SSSR count). The number of carbonyl (C=O) groups is 1. The van der Waals surface area contributed by atoms with Gasteiger partial charge in [-0.05, 0) is 55.7 Å². The van der Waals surface area contributed by atoms with Gasteiger partial charge in [-0.15, -0.1) is 0 Å². The zero-order valence-electron chi connectivity index (χ0n) is 14.1. The van der Waals surface area contributed by atoms with Crippen LogP contribution in [0.4, 0.5) is 4.39 Å². The summed E-state index contributed by atoms with van der Waals surface area (Å²) in [5.41, 5.74) is 1.13. The number of hydrogen-bond donors (Lipinski definition) is 0. The van der Waals surface area contributed by atoms with E-state index in [9.17, 15) is 9.18 Å². The highest BCUT2D eigenvalue weighted by Crippen LogP contribution is 2.45. The van der Waals surface area contributed by atoms with Crippen molar-refractivity contribution in [3.05, 3.63) is 35.6 Å². The Balaban J connectivity index is 1.65. The molecule has 3 nitrogen and oxygen atoms in total. The van der Waals surface area contributed by atoms with Crippen molar-refractivity contribution in [3.8, 4) is 0 Å². The van der Waals surface area contributed by atoms with Crippen LogP contribution in [0.1, 0.15) is 38.7 Å². The number of benzene rings is 1. The molecule has 0 radical (unpaired) electrons. The van der Waals surface area contributed by atoms with Gasteiger partial charge in [-0.3, -0.25) is 4.79 Å². The monoisotopic (exact) mass is 319 g/mol. The topological polar surface area (TPSA) is 29.5 Å². The van der Waals surface area contributed by atoms with Crippen LogP contribution in [-0.2, 0) is 16.0 Å². The first-order valence-corrected chi connectivity index (χ1v) is 8.64. The van der Waals surface area contributed by atoms with E-state index in [4.69, 9.17) is 4.74 Å². The molecule has 0 bridgehead atoms. The Morgan fingerprint density at radius 2 is 2.13 bits per heavy atom. The predicted octanol–water partition coefficient (Wildman–Crippen LogP) is 3.42. The molecule has 0 aromatic heterocycles. The van der Waals surface area contributed by atoms with Crippen LogP contribution in [0.2, 0.25) is 0 Å². The normalized spacial score (nSPS) is 24.8. The fourth-order valence-electron chi connectivity index (χ4n) is 4.21. The minimum absolute atomic E-state index is 0.116. The molecule has 2 aliphatic rings. The quantitative estimate of drug-likeness (QED) is 0.854. The first kappa shape index (κ1) is 16.4. The van der Waals surface area contributed by atoms with E-state index in [1.165, 1.54) is 12.1 Å². The molecule has 0 saturated carbocycles. The van der Waals surface area contributed by atoms with Gasteiger partial charge in [-0.25, -0.2) is 4.39 Å². The van der Waals surface area contributed by atoms with E-state index in [0.29, 0.717) is 6.42 Å². The number of rotatable bonds is 3. The average Bonchev–Trinajstić information content (AvgIpc) is 2.84. The van der Waals surface area contributed by atoms with Gasteiger partial charge in [0.1, 0.15) is 5.82 Å². The summed E-state index contributed by atoms with van der Waals surface area (Å²) in [6.45, 7) is 6.60. The van der Waals surface area contributed by atoms with Crippen molar-refractivity contribution in [2.75, 3.05) is 19.8 Å². The summed E-state index contributed by atoms with van der Waals surface area (Å²) in [5.74, 6) is -0.155. The number of halogens is 1. The summed E-state index contributed by atoms with van der Waals surface area (Å²) < 4.78 is 18.8. The van der Waals surface area contributed by atoms with E-state index in [-0.39, 0.29) is 29.1 Å². The molecule has 0 unspecified atom stereocenters. The second kappa shape index (κ2) is 6.60. The van der Waals surface area contributed by atoms with Gasteiger partial charge in [-0.2, -0.15) is 0 Å². The largest absolute Gasteiger partial charge is 0.381 e. The van der Waals surface area contributed by atoms with Crippen LogP contribution in [-0.4, -0.2) is 36.6 Å². The summed E-state index contributed by atoms with van der Waals surface area (Å²) >= 11 is 0. The summed E-state index contributed by atoms with van der Waals surface area (Å²) in [6.07, 6.45) is 3.78. The lowest BCUT2D eigenvalue weighted by atomic mass is 9.74. The third kappa shape index (κ3) is 3.27. The third-order valence-corrected chi connectivity index (χ3v) is 5.83. The van der Waals surface area contributed by atoms with Gasteiger partial charge < -0.3 is 9.64 Å². The van der Waals surface area contributed by atoms with E-state index < -0.39 is 0 Å². The number of amides is 1. The molecule has 2 heterocycles. The van der Waals surface area contributed by atoms with Gasteiger partial charge in [0, 0.05) is 31.7 Å². The Bertz CT molecular complexity index is 568. The Morgan fingerprint density at radius 3 is 2.83 bits per heavy atom. The highest BCUT2D eigenvalue weighted by atomic mass is 19.1. The van der Waals surface area contributed by atoms with Crippen LogP contribution in [0.15, 0.2) is 24.3 Å². The summed E-state index contributed by atoms with van der Waals surface area (Å²) in [5, 5.41) is 0. The molecule has 1 aromatic rings. The molecule has 1 spiro atoms. The van der Waals surface area contributed by atoms with E-state index in [1.807, 2.05) is 13.0 Å². The summed E-state index contributed by atoms with van der Waals surface area (Å²) in [6, 6.07) is 6.83. The Morgan fingerprint density at radius 1 is 1.39 bits per heavy atom. The zero-order valence-corrected chi connectivity index (χ0v) is 14.1. The second-order valence-corrected chi connectivity index (χ2v) is 7.17. The van der Waals surface area contributed by atoms with Crippen LogP contribution in [0.5, 0.6) is 0 Å². The molecule has 2 fully saturated rings. The maximum atomic E-state index is 13.3. The van der Waals surface area contributed by atoms with Gasteiger partial charge in [-0.1, -0.05) is 19.1 Å². The van der Waals surface area contributed by atoms with Crippen molar-refractivity contribution in [1.82, 2.24) is 4.90 Å². The highest BCUT2D eigenvalue weighted by Gasteiger charge is 2.47. The molecular weight excluding hydrogens is 293 g/mol. The molecular formula is C19H26FNO2. The van der Waals surface area contributed by atoms with Gasteiger partial charge in [0.05, 0.1) is 0 Å². The van der Waals surface area contributed by atoms with E-state index in [0.717, 1.165) is 44.6 Å². The number of likely N-dealkylation sites (tertiary alicyclic amines) is 1. The Labute approximate surface area is 137 Å². The molecule has 4 heteroatoms. The molecule has 2 aliphatic heterocycles. The maximum absolute atomic E-state index is 13.3. The number of carbonyl (C=O) groups excluding carboxylic acids is 1. The van der Waals surface area contributed by atoms with Crippen molar-refractivity contribution in [3.63, 3.8) is 0 Å². The minimum atomic E-state index is -0.238. The number of hydrogen-bond acceptors (Lipinski definition) is 2. The fraction of sp³-hybridized carbons (Fsp3) is 0.632.